The first kappa shape index (κ1) is 17.1. The van der Waals surface area contributed by atoms with Crippen molar-refractivity contribution >= 4 is 5.91 Å². The molecular weight excluding hydrogens is 294 g/mol. The molecule has 0 bridgehead atoms. The highest BCUT2D eigenvalue weighted by molar-refractivity contribution is 5.94. The lowest BCUT2D eigenvalue weighted by atomic mass is 9.80. The van der Waals surface area contributed by atoms with E-state index in [1.54, 1.807) is 24.3 Å². The zero-order chi connectivity index (χ0) is 17.0. The van der Waals surface area contributed by atoms with Gasteiger partial charge in [-0.2, -0.15) is 4.98 Å². The monoisotopic (exact) mass is 317 g/mol. The summed E-state index contributed by atoms with van der Waals surface area (Å²) in [6, 6.07) is 6.97. The lowest BCUT2D eigenvalue weighted by Gasteiger charge is -2.33. The van der Waals surface area contributed by atoms with Crippen LogP contribution in [0.25, 0.3) is 11.4 Å². The molecule has 0 aliphatic carbocycles. The molecule has 0 radical (unpaired) electrons. The van der Waals surface area contributed by atoms with Crippen molar-refractivity contribution in [2.45, 2.75) is 33.8 Å². The predicted octanol–water partition coefficient (Wildman–Crippen LogP) is 2.51. The molecule has 6 nitrogen and oxygen atoms in total. The molecule has 124 valence electrons. The van der Waals surface area contributed by atoms with Crippen LogP contribution in [0, 0.1) is 11.3 Å². The first-order valence-electron chi connectivity index (χ1n) is 7.64. The predicted molar refractivity (Wildman–Crippen MR) is 86.7 cm³/mol. The van der Waals surface area contributed by atoms with Crippen LogP contribution in [-0.2, 0) is 0 Å². The van der Waals surface area contributed by atoms with Crippen molar-refractivity contribution in [3.8, 4) is 11.4 Å². The molecule has 2 N–H and O–H groups in total. The van der Waals surface area contributed by atoms with Gasteiger partial charge in [0.05, 0.1) is 6.10 Å². The second-order valence-electron chi connectivity index (χ2n) is 6.69. The Morgan fingerprint density at radius 2 is 1.96 bits per heavy atom. The van der Waals surface area contributed by atoms with Crippen LogP contribution in [0.1, 0.15) is 38.1 Å². The molecule has 1 atom stereocenters. The third-order valence-electron chi connectivity index (χ3n) is 3.90. The summed E-state index contributed by atoms with van der Waals surface area (Å²) in [5.74, 6) is 0.447. The van der Waals surface area contributed by atoms with Gasteiger partial charge in [0.25, 0.3) is 5.91 Å². The third kappa shape index (κ3) is 4.16. The zero-order valence-electron chi connectivity index (χ0n) is 13.9. The molecule has 2 rings (SSSR count). The van der Waals surface area contributed by atoms with Crippen molar-refractivity contribution in [1.82, 2.24) is 15.5 Å². The Kier molecular flexibility index (Phi) is 5.15. The molecule has 1 unspecified atom stereocenters. The van der Waals surface area contributed by atoms with Crippen LogP contribution in [0.4, 0.5) is 0 Å². The second kappa shape index (κ2) is 6.91. The Balaban J connectivity index is 1.98. The fourth-order valence-corrected chi connectivity index (χ4v) is 2.49. The molecule has 0 saturated carbocycles. The molecular formula is C17H23N3O3. The minimum absolute atomic E-state index is 0.135. The van der Waals surface area contributed by atoms with Crippen molar-refractivity contribution < 1.29 is 14.4 Å². The van der Waals surface area contributed by atoms with E-state index in [1.165, 1.54) is 6.39 Å². The quantitative estimate of drug-likeness (QED) is 0.854. The smallest absolute Gasteiger partial charge is 0.251 e. The number of rotatable bonds is 6. The van der Waals surface area contributed by atoms with Crippen molar-refractivity contribution in [2.75, 3.05) is 6.54 Å². The van der Waals surface area contributed by atoms with E-state index in [4.69, 9.17) is 4.52 Å². The molecule has 0 spiro atoms. The lowest BCUT2D eigenvalue weighted by molar-refractivity contribution is 0.0138. The summed E-state index contributed by atoms with van der Waals surface area (Å²) in [6.45, 7) is 8.21. The molecule has 1 aromatic carbocycles. The number of nitrogens with one attached hydrogen (secondary N) is 1. The van der Waals surface area contributed by atoms with E-state index < -0.39 is 11.5 Å². The first-order chi connectivity index (χ1) is 10.8. The van der Waals surface area contributed by atoms with E-state index in [-0.39, 0.29) is 11.8 Å². The summed E-state index contributed by atoms with van der Waals surface area (Å²) >= 11 is 0. The average molecular weight is 317 g/mol. The number of aliphatic hydroxyl groups is 1. The summed E-state index contributed by atoms with van der Waals surface area (Å²) in [4.78, 5) is 16.2. The Labute approximate surface area is 135 Å². The summed E-state index contributed by atoms with van der Waals surface area (Å²) in [6.07, 6.45) is 0.779. The summed E-state index contributed by atoms with van der Waals surface area (Å²) < 4.78 is 4.70. The molecule has 1 heterocycles. The topological polar surface area (TPSA) is 88.2 Å². The number of nitrogens with zero attached hydrogens (tertiary/aromatic N) is 2. The highest BCUT2D eigenvalue weighted by atomic mass is 16.5. The first-order valence-corrected chi connectivity index (χ1v) is 7.64. The number of aliphatic hydroxyl groups excluding tert-OH is 1. The molecule has 6 heteroatoms. The lowest BCUT2D eigenvalue weighted by Crippen LogP contribution is -2.43. The van der Waals surface area contributed by atoms with Gasteiger partial charge in [-0.1, -0.05) is 45.0 Å². The van der Waals surface area contributed by atoms with Gasteiger partial charge in [-0.3, -0.25) is 4.79 Å². The molecule has 23 heavy (non-hydrogen) atoms. The highest BCUT2D eigenvalue weighted by Gasteiger charge is 2.30. The molecule has 1 amide bonds. The van der Waals surface area contributed by atoms with Gasteiger partial charge < -0.3 is 14.9 Å². The van der Waals surface area contributed by atoms with Gasteiger partial charge in [0.2, 0.25) is 12.2 Å². The second-order valence-corrected chi connectivity index (χ2v) is 6.69. The number of hydrogen-bond donors (Lipinski definition) is 2. The number of benzene rings is 1. The Morgan fingerprint density at radius 3 is 2.48 bits per heavy atom. The van der Waals surface area contributed by atoms with Gasteiger partial charge in [0.1, 0.15) is 0 Å². The maximum absolute atomic E-state index is 12.2. The van der Waals surface area contributed by atoms with E-state index in [2.05, 4.69) is 15.5 Å². The number of carbonyl (C=O) groups is 1. The van der Waals surface area contributed by atoms with Crippen molar-refractivity contribution in [1.29, 1.82) is 0 Å². The average Bonchev–Trinajstić information content (AvgIpc) is 3.06. The molecule has 0 aliphatic heterocycles. The van der Waals surface area contributed by atoms with E-state index in [0.717, 1.165) is 5.56 Å². The van der Waals surface area contributed by atoms with Crippen molar-refractivity contribution in [2.24, 2.45) is 11.3 Å². The number of carbonyl (C=O) groups excluding carboxylic acids is 1. The summed E-state index contributed by atoms with van der Waals surface area (Å²) in [5.41, 5.74) is 0.937. The highest BCUT2D eigenvalue weighted by Crippen LogP contribution is 2.25. The van der Waals surface area contributed by atoms with Crippen LogP contribution in [0.2, 0.25) is 0 Å². The number of aromatic nitrogens is 2. The molecule has 0 saturated heterocycles. The number of hydrogen-bond acceptors (Lipinski definition) is 5. The molecule has 0 fully saturated rings. The van der Waals surface area contributed by atoms with Crippen molar-refractivity contribution in [3.63, 3.8) is 0 Å². The fourth-order valence-electron chi connectivity index (χ4n) is 2.49. The van der Waals surface area contributed by atoms with Gasteiger partial charge in [0.15, 0.2) is 0 Å². The van der Waals surface area contributed by atoms with Crippen LogP contribution < -0.4 is 5.32 Å². The molecule has 2 aromatic rings. The van der Waals surface area contributed by atoms with E-state index in [0.29, 0.717) is 17.9 Å². The van der Waals surface area contributed by atoms with Crippen LogP contribution in [0.15, 0.2) is 35.2 Å². The van der Waals surface area contributed by atoms with Crippen LogP contribution >= 0.6 is 0 Å². The summed E-state index contributed by atoms with van der Waals surface area (Å²) in [5, 5.41) is 16.8. The largest absolute Gasteiger partial charge is 0.392 e. The van der Waals surface area contributed by atoms with Crippen LogP contribution in [0.5, 0.6) is 0 Å². The van der Waals surface area contributed by atoms with E-state index in [9.17, 15) is 9.90 Å². The SMILES string of the molecule is CC(C)C(O)C(C)(C)CNC(=O)c1ccc(-c2ncon2)cc1. The minimum atomic E-state index is -0.483. The van der Waals surface area contributed by atoms with Gasteiger partial charge in [0, 0.05) is 23.1 Å². The molecule has 1 aromatic heterocycles. The number of amides is 1. The minimum Gasteiger partial charge on any atom is -0.392 e. The molecule has 0 aliphatic rings. The van der Waals surface area contributed by atoms with Gasteiger partial charge in [-0.15, -0.1) is 0 Å². The Bertz CT molecular complexity index is 634. The van der Waals surface area contributed by atoms with Crippen LogP contribution in [-0.4, -0.2) is 33.8 Å². The van der Waals surface area contributed by atoms with Crippen molar-refractivity contribution in [3.05, 3.63) is 36.2 Å². The third-order valence-corrected chi connectivity index (χ3v) is 3.90. The summed E-state index contributed by atoms with van der Waals surface area (Å²) in [7, 11) is 0. The zero-order valence-corrected chi connectivity index (χ0v) is 13.9. The maximum Gasteiger partial charge on any atom is 0.251 e. The maximum atomic E-state index is 12.2. The van der Waals surface area contributed by atoms with Crippen LogP contribution in [0.3, 0.4) is 0 Å². The van der Waals surface area contributed by atoms with Gasteiger partial charge >= 0.3 is 0 Å². The normalized spacial score (nSPS) is 13.1. The van der Waals surface area contributed by atoms with Gasteiger partial charge in [-0.05, 0) is 18.1 Å². The van der Waals surface area contributed by atoms with E-state index >= 15 is 0 Å². The van der Waals surface area contributed by atoms with Gasteiger partial charge in [-0.25, -0.2) is 0 Å². The standard InChI is InChI=1S/C17H23N3O3/c1-11(2)14(21)17(3,4)9-18-16(22)13-7-5-12(6-8-13)15-19-10-23-20-15/h5-8,10-11,14,21H,9H2,1-4H3,(H,18,22). The Morgan fingerprint density at radius 1 is 1.30 bits per heavy atom. The van der Waals surface area contributed by atoms with E-state index in [1.807, 2.05) is 27.7 Å². The fraction of sp³-hybridized carbons (Fsp3) is 0.471. The Hall–Kier alpha value is -2.21.